The fourth-order valence-corrected chi connectivity index (χ4v) is 1.68. The Kier molecular flexibility index (Phi) is 5.10. The molecule has 0 unspecified atom stereocenters. The van der Waals surface area contributed by atoms with Gasteiger partial charge in [0.15, 0.2) is 0 Å². The van der Waals surface area contributed by atoms with Gasteiger partial charge < -0.3 is 21.1 Å². The Balaban J connectivity index is 2.82. The summed E-state index contributed by atoms with van der Waals surface area (Å²) in [6.45, 7) is 4.98. The molecular formula is C14H21N3O3. The monoisotopic (exact) mass is 279 g/mol. The van der Waals surface area contributed by atoms with Crippen molar-refractivity contribution in [2.45, 2.75) is 32.7 Å². The Morgan fingerprint density at radius 3 is 2.45 bits per heavy atom. The number of amides is 2. The van der Waals surface area contributed by atoms with E-state index in [1.807, 2.05) is 0 Å². The molecule has 6 heteroatoms. The third kappa shape index (κ3) is 5.27. The lowest BCUT2D eigenvalue weighted by atomic mass is 10.0. The molecule has 0 saturated heterocycles. The van der Waals surface area contributed by atoms with Gasteiger partial charge in [-0.2, -0.15) is 0 Å². The minimum absolute atomic E-state index is 0.174. The standard InChI is InChI=1S/C14H21N3O3/c1-9(18)16-11-6-5-10(7-12(11)20-4)17-13(19)8-14(2,3)15/h5-7H,8,15H2,1-4H3,(H,16,18)(H,17,19). The largest absolute Gasteiger partial charge is 0.494 e. The smallest absolute Gasteiger partial charge is 0.226 e. The van der Waals surface area contributed by atoms with E-state index in [1.165, 1.54) is 14.0 Å². The van der Waals surface area contributed by atoms with Gasteiger partial charge in [-0.3, -0.25) is 9.59 Å². The molecule has 0 aliphatic rings. The molecule has 0 saturated carbocycles. The van der Waals surface area contributed by atoms with Gasteiger partial charge in [-0.15, -0.1) is 0 Å². The summed E-state index contributed by atoms with van der Waals surface area (Å²) in [6.07, 6.45) is 0.211. The second kappa shape index (κ2) is 6.38. The number of nitrogens with one attached hydrogen (secondary N) is 2. The van der Waals surface area contributed by atoms with Gasteiger partial charge >= 0.3 is 0 Å². The molecule has 0 aliphatic carbocycles. The Morgan fingerprint density at radius 2 is 1.95 bits per heavy atom. The van der Waals surface area contributed by atoms with Crippen molar-refractivity contribution in [2.24, 2.45) is 5.73 Å². The molecule has 1 aromatic rings. The highest BCUT2D eigenvalue weighted by Gasteiger charge is 2.16. The summed E-state index contributed by atoms with van der Waals surface area (Å²) in [4.78, 5) is 22.8. The number of methoxy groups -OCH3 is 1. The van der Waals surface area contributed by atoms with E-state index in [4.69, 9.17) is 10.5 Å². The molecule has 0 fully saturated rings. The van der Waals surface area contributed by atoms with Crippen molar-refractivity contribution in [1.29, 1.82) is 0 Å². The highest BCUT2D eigenvalue weighted by atomic mass is 16.5. The molecule has 0 spiro atoms. The second-order valence-corrected chi connectivity index (χ2v) is 5.31. The lowest BCUT2D eigenvalue weighted by molar-refractivity contribution is -0.117. The van der Waals surface area contributed by atoms with Gasteiger partial charge in [0.25, 0.3) is 0 Å². The van der Waals surface area contributed by atoms with Crippen LogP contribution in [0.1, 0.15) is 27.2 Å². The van der Waals surface area contributed by atoms with Gasteiger partial charge in [0.2, 0.25) is 11.8 Å². The van der Waals surface area contributed by atoms with Crippen molar-refractivity contribution in [3.63, 3.8) is 0 Å². The maximum Gasteiger partial charge on any atom is 0.226 e. The molecule has 6 nitrogen and oxygen atoms in total. The van der Waals surface area contributed by atoms with Gasteiger partial charge in [-0.1, -0.05) is 0 Å². The topological polar surface area (TPSA) is 93.4 Å². The van der Waals surface area contributed by atoms with Crippen molar-refractivity contribution >= 4 is 23.2 Å². The van der Waals surface area contributed by atoms with Crippen molar-refractivity contribution in [2.75, 3.05) is 17.7 Å². The van der Waals surface area contributed by atoms with Crippen molar-refractivity contribution in [3.05, 3.63) is 18.2 Å². The summed E-state index contributed by atoms with van der Waals surface area (Å²) in [6, 6.07) is 5.01. The van der Waals surface area contributed by atoms with Crippen molar-refractivity contribution < 1.29 is 14.3 Å². The number of hydrogen-bond acceptors (Lipinski definition) is 4. The zero-order valence-corrected chi connectivity index (χ0v) is 12.2. The van der Waals surface area contributed by atoms with Crippen LogP contribution < -0.4 is 21.1 Å². The fraction of sp³-hybridized carbons (Fsp3) is 0.429. The van der Waals surface area contributed by atoms with Crippen molar-refractivity contribution in [3.8, 4) is 5.75 Å². The quantitative estimate of drug-likeness (QED) is 0.765. The van der Waals surface area contributed by atoms with E-state index < -0.39 is 5.54 Å². The molecular weight excluding hydrogens is 258 g/mol. The third-order valence-corrected chi connectivity index (χ3v) is 2.41. The first-order chi connectivity index (χ1) is 9.21. The van der Waals surface area contributed by atoms with Crippen LogP contribution in [-0.4, -0.2) is 24.5 Å². The van der Waals surface area contributed by atoms with Crippen LogP contribution in [0.25, 0.3) is 0 Å². The molecule has 4 N–H and O–H groups in total. The number of benzene rings is 1. The SMILES string of the molecule is COc1cc(NC(=O)CC(C)(C)N)ccc1NC(C)=O. The number of ether oxygens (including phenoxy) is 1. The summed E-state index contributed by atoms with van der Waals surface area (Å²) in [7, 11) is 1.50. The molecule has 1 rings (SSSR count). The molecule has 0 radical (unpaired) electrons. The van der Waals surface area contributed by atoms with E-state index >= 15 is 0 Å². The van der Waals surface area contributed by atoms with Crippen LogP contribution in [0.3, 0.4) is 0 Å². The molecule has 0 heterocycles. The fourth-order valence-electron chi connectivity index (χ4n) is 1.68. The van der Waals surface area contributed by atoms with E-state index in [0.717, 1.165) is 0 Å². The Hall–Kier alpha value is -2.08. The normalized spacial score (nSPS) is 10.8. The Bertz CT molecular complexity index is 507. The van der Waals surface area contributed by atoms with E-state index in [2.05, 4.69) is 10.6 Å². The Morgan fingerprint density at radius 1 is 1.30 bits per heavy atom. The lowest BCUT2D eigenvalue weighted by Crippen LogP contribution is -2.36. The zero-order chi connectivity index (χ0) is 15.3. The van der Waals surface area contributed by atoms with Crippen LogP contribution in [0.5, 0.6) is 5.75 Å². The van der Waals surface area contributed by atoms with E-state index in [1.54, 1.807) is 32.0 Å². The number of rotatable bonds is 5. The highest BCUT2D eigenvalue weighted by molar-refractivity contribution is 5.94. The maximum absolute atomic E-state index is 11.8. The van der Waals surface area contributed by atoms with Crippen LogP contribution in [0.4, 0.5) is 11.4 Å². The zero-order valence-electron chi connectivity index (χ0n) is 12.2. The minimum Gasteiger partial charge on any atom is -0.494 e. The molecule has 20 heavy (non-hydrogen) atoms. The molecule has 110 valence electrons. The molecule has 2 amide bonds. The van der Waals surface area contributed by atoms with E-state index in [9.17, 15) is 9.59 Å². The van der Waals surface area contributed by atoms with Crippen molar-refractivity contribution in [1.82, 2.24) is 0 Å². The summed E-state index contributed by atoms with van der Waals surface area (Å²) in [5.41, 5.74) is 6.37. The van der Waals surface area contributed by atoms with Gasteiger partial charge in [0, 0.05) is 30.6 Å². The van der Waals surface area contributed by atoms with Crippen LogP contribution in [0.15, 0.2) is 18.2 Å². The van der Waals surface area contributed by atoms with Crippen LogP contribution in [0, 0.1) is 0 Å². The summed E-state index contributed by atoms with van der Waals surface area (Å²) in [5, 5.41) is 5.39. The third-order valence-electron chi connectivity index (χ3n) is 2.41. The molecule has 1 aromatic carbocycles. The average molecular weight is 279 g/mol. The number of anilines is 2. The highest BCUT2D eigenvalue weighted by Crippen LogP contribution is 2.28. The minimum atomic E-state index is -0.565. The van der Waals surface area contributed by atoms with Crippen LogP contribution in [-0.2, 0) is 9.59 Å². The van der Waals surface area contributed by atoms with Crippen LogP contribution >= 0.6 is 0 Å². The number of hydrogen-bond donors (Lipinski definition) is 3. The Labute approximate surface area is 118 Å². The predicted molar refractivity (Wildman–Crippen MR) is 78.8 cm³/mol. The molecule has 0 aliphatic heterocycles. The first-order valence-corrected chi connectivity index (χ1v) is 6.25. The van der Waals surface area contributed by atoms with Gasteiger partial charge in [0.05, 0.1) is 12.8 Å². The van der Waals surface area contributed by atoms with E-state index in [0.29, 0.717) is 17.1 Å². The number of carbonyl (C=O) groups is 2. The van der Waals surface area contributed by atoms with Gasteiger partial charge in [-0.25, -0.2) is 0 Å². The first-order valence-electron chi connectivity index (χ1n) is 6.25. The second-order valence-electron chi connectivity index (χ2n) is 5.31. The average Bonchev–Trinajstić information content (AvgIpc) is 2.27. The van der Waals surface area contributed by atoms with Gasteiger partial charge in [0.1, 0.15) is 5.75 Å². The molecule has 0 aromatic heterocycles. The molecule has 0 bridgehead atoms. The van der Waals surface area contributed by atoms with Gasteiger partial charge in [-0.05, 0) is 26.0 Å². The first kappa shape index (κ1) is 16.0. The number of nitrogens with two attached hydrogens (primary N) is 1. The maximum atomic E-state index is 11.8. The summed E-state index contributed by atoms with van der Waals surface area (Å²) < 4.78 is 5.18. The molecule has 0 atom stereocenters. The summed E-state index contributed by atoms with van der Waals surface area (Å²) >= 11 is 0. The number of carbonyl (C=O) groups excluding carboxylic acids is 2. The van der Waals surface area contributed by atoms with Crippen LogP contribution in [0.2, 0.25) is 0 Å². The van der Waals surface area contributed by atoms with E-state index in [-0.39, 0.29) is 18.2 Å². The predicted octanol–water partition coefficient (Wildman–Crippen LogP) is 1.72. The summed E-state index contributed by atoms with van der Waals surface area (Å²) in [5.74, 6) is 0.113. The lowest BCUT2D eigenvalue weighted by Gasteiger charge is -2.18.